The molecule has 5 rings (SSSR count). The van der Waals surface area contributed by atoms with Crippen molar-refractivity contribution in [1.29, 1.82) is 0 Å². The third-order valence-corrected chi connectivity index (χ3v) is 8.01. The van der Waals surface area contributed by atoms with Crippen molar-refractivity contribution in [2.45, 2.75) is 38.0 Å². The smallest absolute Gasteiger partial charge is 0.288 e. The first kappa shape index (κ1) is 25.9. The van der Waals surface area contributed by atoms with Crippen LogP contribution >= 0.6 is 0 Å². The van der Waals surface area contributed by atoms with E-state index in [1.54, 1.807) is 14.2 Å². The summed E-state index contributed by atoms with van der Waals surface area (Å²) >= 11 is 0. The van der Waals surface area contributed by atoms with Crippen LogP contribution in [0.1, 0.15) is 24.0 Å². The molecule has 10 heteroatoms. The van der Waals surface area contributed by atoms with Crippen molar-refractivity contribution in [3.63, 3.8) is 0 Å². The van der Waals surface area contributed by atoms with Gasteiger partial charge in [-0.05, 0) is 35.4 Å². The standard InChI is InChI=1S/C28H32N4O6/c1-37-21-7-3-19(4-8-21)17-31-25(33)15-23(27(31)35)29-11-13-30(14-12-29)24-16-26(34)32(28(24)36)18-20-5-9-22(38-2)10-6-20/h3-10,23-24H,11-18H2,1-2H3/p+2/t23-,24-/m0/s1. The second-order valence-electron chi connectivity index (χ2n) is 10.2. The molecule has 2 N–H and O–H groups in total. The molecule has 0 aromatic heterocycles. The number of hydrogen-bond donors (Lipinski definition) is 2. The van der Waals surface area contributed by atoms with E-state index in [2.05, 4.69) is 0 Å². The number of likely N-dealkylation sites (tertiary alicyclic amines) is 2. The lowest BCUT2D eigenvalue weighted by Gasteiger charge is -2.34. The fraction of sp³-hybridized carbons (Fsp3) is 0.429. The summed E-state index contributed by atoms with van der Waals surface area (Å²) in [4.78, 5) is 56.6. The van der Waals surface area contributed by atoms with Gasteiger partial charge in [-0.25, -0.2) is 0 Å². The molecule has 4 amide bonds. The molecule has 200 valence electrons. The predicted octanol–water partition coefficient (Wildman–Crippen LogP) is -1.56. The lowest BCUT2D eigenvalue weighted by Crippen LogP contribution is -3.31. The normalized spacial score (nSPS) is 25.8. The zero-order chi connectivity index (χ0) is 26.8. The van der Waals surface area contributed by atoms with Crippen molar-refractivity contribution in [3.05, 3.63) is 59.7 Å². The second kappa shape index (κ2) is 10.9. The van der Waals surface area contributed by atoms with E-state index in [1.807, 2.05) is 48.5 Å². The van der Waals surface area contributed by atoms with Gasteiger partial charge in [-0.2, -0.15) is 0 Å². The second-order valence-corrected chi connectivity index (χ2v) is 10.2. The van der Waals surface area contributed by atoms with Crippen LogP contribution in [0.2, 0.25) is 0 Å². The van der Waals surface area contributed by atoms with Gasteiger partial charge in [-0.3, -0.25) is 29.0 Å². The van der Waals surface area contributed by atoms with Gasteiger partial charge in [0.2, 0.25) is 11.8 Å². The molecular formula is C28H34N4O6+2. The lowest BCUT2D eigenvalue weighted by molar-refractivity contribution is -1.02. The highest BCUT2D eigenvalue weighted by atomic mass is 16.5. The van der Waals surface area contributed by atoms with Crippen molar-refractivity contribution >= 4 is 23.6 Å². The number of carbonyl (C=O) groups excluding carboxylic acids is 4. The molecule has 0 radical (unpaired) electrons. The number of nitrogens with zero attached hydrogens (tertiary/aromatic N) is 2. The van der Waals surface area contributed by atoms with Gasteiger partial charge in [0.25, 0.3) is 11.8 Å². The van der Waals surface area contributed by atoms with E-state index in [-0.39, 0.29) is 49.6 Å². The summed E-state index contributed by atoms with van der Waals surface area (Å²) < 4.78 is 10.4. The fourth-order valence-electron chi connectivity index (χ4n) is 5.75. The highest BCUT2D eigenvalue weighted by molar-refractivity contribution is 6.05. The zero-order valence-corrected chi connectivity index (χ0v) is 21.8. The molecule has 0 unspecified atom stereocenters. The number of imide groups is 2. The number of ether oxygens (including phenoxy) is 2. The molecule has 3 aliphatic rings. The van der Waals surface area contributed by atoms with Crippen LogP contribution in [0.15, 0.2) is 48.5 Å². The molecule has 0 aliphatic carbocycles. The Kier molecular flexibility index (Phi) is 7.44. The molecule has 3 fully saturated rings. The minimum absolute atomic E-state index is 0.137. The number of piperazine rings is 1. The highest BCUT2D eigenvalue weighted by Crippen LogP contribution is 2.19. The van der Waals surface area contributed by atoms with E-state index in [9.17, 15) is 19.2 Å². The summed E-state index contributed by atoms with van der Waals surface area (Å²) in [5.41, 5.74) is 1.75. The van der Waals surface area contributed by atoms with Crippen molar-refractivity contribution in [1.82, 2.24) is 9.80 Å². The summed E-state index contributed by atoms with van der Waals surface area (Å²) in [6, 6.07) is 13.9. The largest absolute Gasteiger partial charge is 0.497 e. The molecule has 10 nitrogen and oxygen atoms in total. The fourth-order valence-corrected chi connectivity index (χ4v) is 5.75. The Morgan fingerprint density at radius 2 is 0.974 bits per heavy atom. The summed E-state index contributed by atoms with van der Waals surface area (Å²) in [5.74, 6) is 0.875. The molecule has 0 bridgehead atoms. The van der Waals surface area contributed by atoms with E-state index >= 15 is 0 Å². The van der Waals surface area contributed by atoms with Gasteiger partial charge in [-0.15, -0.1) is 0 Å². The maximum atomic E-state index is 13.2. The van der Waals surface area contributed by atoms with E-state index in [0.717, 1.165) is 32.4 Å². The Morgan fingerprint density at radius 3 is 1.29 bits per heavy atom. The maximum absolute atomic E-state index is 13.2. The molecule has 3 saturated heterocycles. The van der Waals surface area contributed by atoms with Gasteiger partial charge in [0.15, 0.2) is 12.1 Å². The van der Waals surface area contributed by atoms with Crippen LogP contribution in [-0.2, 0) is 32.3 Å². The van der Waals surface area contributed by atoms with Gasteiger partial charge in [0.1, 0.15) is 37.7 Å². The van der Waals surface area contributed by atoms with Crippen LogP contribution in [0.4, 0.5) is 0 Å². The van der Waals surface area contributed by atoms with Gasteiger partial charge < -0.3 is 19.3 Å². The first-order chi connectivity index (χ1) is 18.4. The first-order valence-corrected chi connectivity index (χ1v) is 13.0. The summed E-state index contributed by atoms with van der Waals surface area (Å²) in [7, 11) is 3.19. The number of methoxy groups -OCH3 is 2. The van der Waals surface area contributed by atoms with E-state index in [0.29, 0.717) is 26.2 Å². The number of amides is 4. The molecule has 0 saturated carbocycles. The van der Waals surface area contributed by atoms with Crippen LogP contribution in [-0.4, -0.2) is 85.9 Å². The molecule has 38 heavy (non-hydrogen) atoms. The molecule has 2 aromatic rings. The van der Waals surface area contributed by atoms with Crippen molar-refractivity contribution < 1.29 is 38.5 Å². The number of rotatable bonds is 8. The Morgan fingerprint density at radius 1 is 0.632 bits per heavy atom. The van der Waals surface area contributed by atoms with Crippen LogP contribution in [0.25, 0.3) is 0 Å². The third-order valence-electron chi connectivity index (χ3n) is 8.01. The summed E-state index contributed by atoms with van der Waals surface area (Å²) in [5, 5.41) is 0. The van der Waals surface area contributed by atoms with E-state index in [4.69, 9.17) is 9.47 Å². The number of benzene rings is 2. The van der Waals surface area contributed by atoms with Gasteiger partial charge in [0, 0.05) is 0 Å². The van der Waals surface area contributed by atoms with Gasteiger partial charge >= 0.3 is 0 Å². The van der Waals surface area contributed by atoms with Crippen molar-refractivity contribution in [3.8, 4) is 11.5 Å². The van der Waals surface area contributed by atoms with Gasteiger partial charge in [0.05, 0.1) is 40.2 Å². The molecule has 2 atom stereocenters. The lowest BCUT2D eigenvalue weighted by atomic mass is 10.1. The van der Waals surface area contributed by atoms with Gasteiger partial charge in [-0.1, -0.05) is 24.3 Å². The van der Waals surface area contributed by atoms with E-state index < -0.39 is 12.1 Å². The average molecular weight is 523 g/mol. The number of nitrogens with one attached hydrogen (secondary N) is 2. The third kappa shape index (κ3) is 5.14. The Labute approximate surface area is 221 Å². The number of hydrogen-bond acceptors (Lipinski definition) is 6. The predicted molar refractivity (Wildman–Crippen MR) is 135 cm³/mol. The monoisotopic (exact) mass is 522 g/mol. The van der Waals surface area contributed by atoms with E-state index in [1.165, 1.54) is 9.80 Å². The first-order valence-electron chi connectivity index (χ1n) is 13.0. The molecular weight excluding hydrogens is 488 g/mol. The molecule has 2 aromatic carbocycles. The van der Waals surface area contributed by atoms with Crippen molar-refractivity contribution in [2.75, 3.05) is 40.4 Å². The number of quaternary nitrogens is 2. The summed E-state index contributed by atoms with van der Waals surface area (Å²) in [6.45, 7) is 3.20. The highest BCUT2D eigenvalue weighted by Gasteiger charge is 2.49. The molecule has 0 spiro atoms. The Balaban J connectivity index is 1.15. The van der Waals surface area contributed by atoms with Crippen LogP contribution in [0.5, 0.6) is 11.5 Å². The Hall–Kier alpha value is -3.76. The molecule has 3 heterocycles. The molecule has 3 aliphatic heterocycles. The minimum Gasteiger partial charge on any atom is -0.497 e. The van der Waals surface area contributed by atoms with Crippen LogP contribution in [0.3, 0.4) is 0 Å². The Bertz CT molecular complexity index is 1110. The SMILES string of the molecule is COc1ccc(CN2C(=O)C[C@H]([NH+]3CC[NH+]([C@H]4CC(=O)N(Cc5ccc(OC)cc5)C4=O)CC3)C2=O)cc1. The topological polar surface area (TPSA) is 102 Å². The number of carbonyl (C=O) groups is 4. The maximum Gasteiger partial charge on any atom is 0.288 e. The quantitative estimate of drug-likeness (QED) is 0.407. The van der Waals surface area contributed by atoms with Crippen molar-refractivity contribution in [2.24, 2.45) is 0 Å². The average Bonchev–Trinajstić information content (AvgIpc) is 3.39. The van der Waals surface area contributed by atoms with Crippen LogP contribution in [0, 0.1) is 0 Å². The zero-order valence-electron chi connectivity index (χ0n) is 21.8. The summed E-state index contributed by atoms with van der Waals surface area (Å²) in [6.07, 6.45) is 0.409. The van der Waals surface area contributed by atoms with Crippen LogP contribution < -0.4 is 19.3 Å². The minimum atomic E-state index is -0.394.